The van der Waals surface area contributed by atoms with Crippen LogP contribution in [0.2, 0.25) is 0 Å². The smallest absolute Gasteiger partial charge is 0.377 e. The highest BCUT2D eigenvalue weighted by molar-refractivity contribution is 5.76. The average molecular weight is 315 g/mol. The molecule has 1 aliphatic heterocycles. The van der Waals surface area contributed by atoms with E-state index in [1.54, 1.807) is 0 Å². The summed E-state index contributed by atoms with van der Waals surface area (Å²) in [6.45, 7) is 2.40. The molecule has 1 saturated heterocycles. The van der Waals surface area contributed by atoms with E-state index in [4.69, 9.17) is 4.74 Å². The minimum absolute atomic E-state index is 0.163. The molecular formula is C16H20F3NO2. The number of ether oxygens (including phenoxy) is 1. The second-order valence-electron chi connectivity index (χ2n) is 5.44. The zero-order valence-electron chi connectivity index (χ0n) is 12.4. The first-order valence-electron chi connectivity index (χ1n) is 7.48. The van der Waals surface area contributed by atoms with Crippen LogP contribution in [0.4, 0.5) is 13.2 Å². The number of rotatable bonds is 6. The number of benzene rings is 1. The summed E-state index contributed by atoms with van der Waals surface area (Å²) >= 11 is 0. The van der Waals surface area contributed by atoms with Gasteiger partial charge in [0.15, 0.2) is 0 Å². The van der Waals surface area contributed by atoms with Crippen LogP contribution in [-0.2, 0) is 22.3 Å². The van der Waals surface area contributed by atoms with Gasteiger partial charge in [0.25, 0.3) is 0 Å². The van der Waals surface area contributed by atoms with Crippen LogP contribution in [0.3, 0.4) is 0 Å². The first-order valence-corrected chi connectivity index (χ1v) is 7.48. The van der Waals surface area contributed by atoms with Crippen molar-refractivity contribution in [2.75, 3.05) is 19.7 Å². The van der Waals surface area contributed by atoms with Crippen LogP contribution >= 0.6 is 0 Å². The molecule has 1 amide bonds. The lowest BCUT2D eigenvalue weighted by atomic mass is 10.1. The van der Waals surface area contributed by atoms with Crippen molar-refractivity contribution in [1.82, 2.24) is 4.90 Å². The summed E-state index contributed by atoms with van der Waals surface area (Å²) in [5, 5.41) is 0. The quantitative estimate of drug-likeness (QED) is 0.750. The molecule has 1 aromatic carbocycles. The largest absolute Gasteiger partial charge is 0.416 e. The molecule has 0 saturated carbocycles. The Labute approximate surface area is 128 Å². The lowest BCUT2D eigenvalue weighted by Gasteiger charge is -2.14. The van der Waals surface area contributed by atoms with Gasteiger partial charge in [0.2, 0.25) is 5.91 Å². The molecule has 1 aromatic rings. The highest BCUT2D eigenvalue weighted by Gasteiger charge is 2.29. The summed E-state index contributed by atoms with van der Waals surface area (Å²) in [6, 6.07) is 4.93. The highest BCUT2D eigenvalue weighted by Crippen LogP contribution is 2.29. The number of amides is 1. The maximum absolute atomic E-state index is 12.4. The molecule has 0 spiro atoms. The molecule has 0 bridgehead atoms. The molecule has 0 aliphatic carbocycles. The number of alkyl halides is 3. The molecule has 122 valence electrons. The fraction of sp³-hybridized carbons (Fsp3) is 0.562. The van der Waals surface area contributed by atoms with Crippen molar-refractivity contribution in [2.24, 2.45) is 0 Å². The molecule has 22 heavy (non-hydrogen) atoms. The molecule has 0 aromatic heterocycles. The van der Waals surface area contributed by atoms with Crippen LogP contribution in [0.1, 0.15) is 36.8 Å². The fourth-order valence-corrected chi connectivity index (χ4v) is 2.43. The van der Waals surface area contributed by atoms with Crippen molar-refractivity contribution in [3.8, 4) is 0 Å². The van der Waals surface area contributed by atoms with Crippen LogP contribution in [0, 0.1) is 0 Å². The van der Waals surface area contributed by atoms with E-state index < -0.39 is 11.7 Å². The van der Waals surface area contributed by atoms with E-state index in [0.29, 0.717) is 25.0 Å². The van der Waals surface area contributed by atoms with Gasteiger partial charge < -0.3 is 9.64 Å². The van der Waals surface area contributed by atoms with E-state index >= 15 is 0 Å². The first-order chi connectivity index (χ1) is 10.5. The SMILES string of the molecule is O=C(CCCOCc1ccc(C(F)(F)F)cc1)N1CCCC1. The molecule has 0 N–H and O–H groups in total. The number of likely N-dealkylation sites (tertiary alicyclic amines) is 1. The van der Waals surface area contributed by atoms with Gasteiger partial charge in [-0.1, -0.05) is 12.1 Å². The summed E-state index contributed by atoms with van der Waals surface area (Å²) in [4.78, 5) is 13.6. The average Bonchev–Trinajstić information content (AvgIpc) is 3.00. The first kappa shape index (κ1) is 16.8. The topological polar surface area (TPSA) is 29.5 Å². The number of halogens is 3. The van der Waals surface area contributed by atoms with Gasteiger partial charge in [-0.2, -0.15) is 13.2 Å². The van der Waals surface area contributed by atoms with Crippen molar-refractivity contribution >= 4 is 5.91 Å². The molecule has 2 rings (SSSR count). The number of carbonyl (C=O) groups is 1. The number of carbonyl (C=O) groups excluding carboxylic acids is 1. The van der Waals surface area contributed by atoms with Crippen LogP contribution in [-0.4, -0.2) is 30.5 Å². The summed E-state index contributed by atoms with van der Waals surface area (Å²) in [7, 11) is 0. The summed E-state index contributed by atoms with van der Waals surface area (Å²) in [5.41, 5.74) is 0.0336. The van der Waals surface area contributed by atoms with Crippen LogP contribution in [0.15, 0.2) is 24.3 Å². The number of hydrogen-bond donors (Lipinski definition) is 0. The molecule has 6 heteroatoms. The molecule has 0 radical (unpaired) electrons. The molecule has 1 aliphatic rings. The Morgan fingerprint density at radius 1 is 1.14 bits per heavy atom. The van der Waals surface area contributed by atoms with Crippen molar-refractivity contribution in [3.05, 3.63) is 35.4 Å². The Morgan fingerprint density at radius 2 is 1.77 bits per heavy atom. The van der Waals surface area contributed by atoms with Gasteiger partial charge in [0.1, 0.15) is 0 Å². The zero-order valence-corrected chi connectivity index (χ0v) is 12.4. The van der Waals surface area contributed by atoms with Crippen molar-refractivity contribution in [1.29, 1.82) is 0 Å². The Balaban J connectivity index is 1.63. The molecule has 0 atom stereocenters. The van der Waals surface area contributed by atoms with Gasteiger partial charge in [-0.15, -0.1) is 0 Å². The second-order valence-corrected chi connectivity index (χ2v) is 5.44. The van der Waals surface area contributed by atoms with E-state index in [-0.39, 0.29) is 12.5 Å². The third-order valence-electron chi connectivity index (χ3n) is 3.69. The standard InChI is InChI=1S/C16H20F3NO2/c17-16(18,19)14-7-5-13(6-8-14)12-22-11-3-4-15(21)20-9-1-2-10-20/h5-8H,1-4,9-12H2. The Bertz CT molecular complexity index is 479. The summed E-state index contributed by atoms with van der Waals surface area (Å²) in [6.07, 6.45) is -1.05. The predicted molar refractivity (Wildman–Crippen MR) is 76.1 cm³/mol. The Morgan fingerprint density at radius 3 is 2.36 bits per heavy atom. The van der Waals surface area contributed by atoms with Gasteiger partial charge in [0.05, 0.1) is 12.2 Å². The van der Waals surface area contributed by atoms with E-state index in [2.05, 4.69) is 0 Å². The highest BCUT2D eigenvalue weighted by atomic mass is 19.4. The van der Waals surface area contributed by atoms with E-state index in [0.717, 1.165) is 38.1 Å². The maximum Gasteiger partial charge on any atom is 0.416 e. The van der Waals surface area contributed by atoms with Crippen molar-refractivity contribution in [3.63, 3.8) is 0 Å². The second kappa shape index (κ2) is 7.63. The van der Waals surface area contributed by atoms with Crippen LogP contribution in [0.5, 0.6) is 0 Å². The van der Waals surface area contributed by atoms with Gasteiger partial charge >= 0.3 is 6.18 Å². The molecule has 1 fully saturated rings. The van der Waals surface area contributed by atoms with E-state index in [1.807, 2.05) is 4.90 Å². The molecule has 3 nitrogen and oxygen atoms in total. The zero-order chi connectivity index (χ0) is 16.0. The maximum atomic E-state index is 12.4. The Kier molecular flexibility index (Phi) is 5.83. The van der Waals surface area contributed by atoms with E-state index in [1.165, 1.54) is 12.1 Å². The fourth-order valence-electron chi connectivity index (χ4n) is 2.43. The molecule has 0 unspecified atom stereocenters. The number of hydrogen-bond acceptors (Lipinski definition) is 2. The van der Waals surface area contributed by atoms with Gasteiger partial charge in [-0.25, -0.2) is 0 Å². The lowest BCUT2D eigenvalue weighted by Crippen LogP contribution is -2.27. The molecule has 1 heterocycles. The van der Waals surface area contributed by atoms with Gasteiger partial charge in [-0.05, 0) is 37.0 Å². The van der Waals surface area contributed by atoms with Gasteiger partial charge in [-0.3, -0.25) is 4.79 Å². The third-order valence-corrected chi connectivity index (χ3v) is 3.69. The van der Waals surface area contributed by atoms with Gasteiger partial charge in [0, 0.05) is 26.1 Å². The monoisotopic (exact) mass is 315 g/mol. The van der Waals surface area contributed by atoms with E-state index in [9.17, 15) is 18.0 Å². The molecular weight excluding hydrogens is 295 g/mol. The minimum atomic E-state index is -4.31. The van der Waals surface area contributed by atoms with Crippen LogP contribution in [0.25, 0.3) is 0 Å². The summed E-state index contributed by atoms with van der Waals surface area (Å²) < 4.78 is 42.6. The third kappa shape index (κ3) is 5.02. The predicted octanol–water partition coefficient (Wildman–Crippen LogP) is 3.62. The minimum Gasteiger partial charge on any atom is -0.377 e. The Hall–Kier alpha value is -1.56. The van der Waals surface area contributed by atoms with Crippen LogP contribution < -0.4 is 0 Å². The normalized spacial score (nSPS) is 15.3. The van der Waals surface area contributed by atoms with Crippen molar-refractivity contribution in [2.45, 2.75) is 38.5 Å². The number of nitrogens with zero attached hydrogens (tertiary/aromatic N) is 1. The summed E-state index contributed by atoms with van der Waals surface area (Å²) in [5.74, 6) is 0.163. The van der Waals surface area contributed by atoms with Crippen molar-refractivity contribution < 1.29 is 22.7 Å². The lowest BCUT2D eigenvalue weighted by molar-refractivity contribution is -0.137.